The first kappa shape index (κ1) is 21.1. The van der Waals surface area contributed by atoms with Gasteiger partial charge in [0.2, 0.25) is 5.09 Å². The van der Waals surface area contributed by atoms with Gasteiger partial charge in [-0.3, -0.25) is 10.1 Å². The molecule has 150 valence electrons. The van der Waals surface area contributed by atoms with Crippen molar-refractivity contribution in [2.45, 2.75) is 11.7 Å². The van der Waals surface area contributed by atoms with Gasteiger partial charge < -0.3 is 13.9 Å². The third kappa shape index (κ3) is 4.53. The fourth-order valence-corrected chi connectivity index (χ4v) is 2.86. The number of nitro groups is 1. The van der Waals surface area contributed by atoms with Crippen LogP contribution in [0.5, 0.6) is 0 Å². The highest BCUT2D eigenvalue weighted by atomic mass is 32.2. The van der Waals surface area contributed by atoms with E-state index in [1.54, 1.807) is 0 Å². The highest BCUT2D eigenvalue weighted by Crippen LogP contribution is 2.21. The third-order valence-corrected chi connectivity index (χ3v) is 5.19. The van der Waals surface area contributed by atoms with E-state index < -0.39 is 39.2 Å². The number of nitrogens with zero attached hydrogens (tertiary/aromatic N) is 2. The van der Waals surface area contributed by atoms with Crippen LogP contribution in [0, 0.1) is 10.1 Å². The molecule has 0 aliphatic heterocycles. The fraction of sp³-hybridized carbons (Fsp3) is 0.250. The number of carbonyl (C=O) groups excluding carboxylic acids is 2. The molecule has 1 aromatic heterocycles. The quantitative estimate of drug-likeness (QED) is 0.375. The molecule has 0 unspecified atom stereocenters. The van der Waals surface area contributed by atoms with Crippen molar-refractivity contribution < 1.29 is 36.8 Å². The normalized spacial score (nSPS) is 11.3. The van der Waals surface area contributed by atoms with Crippen LogP contribution in [0.25, 0.3) is 0 Å². The fourth-order valence-electron chi connectivity index (χ4n) is 2.04. The number of esters is 2. The Bertz CT molecular complexity index is 1020. The van der Waals surface area contributed by atoms with E-state index in [0.29, 0.717) is 0 Å². The monoisotopic (exact) mass is 412 g/mol. The molecular weight excluding hydrogens is 396 g/mol. The van der Waals surface area contributed by atoms with Crippen LogP contribution in [0.4, 0.5) is 5.69 Å². The molecule has 0 bridgehead atoms. The van der Waals surface area contributed by atoms with Crippen LogP contribution in [0.2, 0.25) is 0 Å². The Morgan fingerprint density at radius 1 is 1.14 bits per heavy atom. The van der Waals surface area contributed by atoms with Crippen molar-refractivity contribution in [3.05, 3.63) is 57.3 Å². The maximum Gasteiger partial charge on any atom is 0.338 e. The molecule has 0 saturated heterocycles. The van der Waals surface area contributed by atoms with Gasteiger partial charge in [0.25, 0.3) is 15.7 Å². The predicted octanol–water partition coefficient (Wildman–Crippen LogP) is 1.58. The van der Waals surface area contributed by atoms with Crippen molar-refractivity contribution in [2.24, 2.45) is 0 Å². The Labute approximate surface area is 159 Å². The summed E-state index contributed by atoms with van der Waals surface area (Å²) in [4.78, 5) is 34.0. The van der Waals surface area contributed by atoms with Crippen LogP contribution in [0.15, 0.2) is 39.8 Å². The van der Waals surface area contributed by atoms with E-state index >= 15 is 0 Å². The summed E-state index contributed by atoms with van der Waals surface area (Å²) in [6, 6.07) is 5.52. The number of rotatable bonds is 7. The zero-order valence-corrected chi connectivity index (χ0v) is 15.9. The number of non-ortho nitro benzene ring substituents is 1. The molecule has 0 atom stereocenters. The summed E-state index contributed by atoms with van der Waals surface area (Å²) in [5, 5.41) is 10.7. The van der Waals surface area contributed by atoms with E-state index in [1.807, 2.05) is 0 Å². The summed E-state index contributed by atoms with van der Waals surface area (Å²) >= 11 is 0. The minimum absolute atomic E-state index is 0.0485. The van der Waals surface area contributed by atoms with Gasteiger partial charge in [0.1, 0.15) is 12.4 Å². The van der Waals surface area contributed by atoms with E-state index in [9.17, 15) is 28.1 Å². The number of nitro benzene ring substituents is 1. The van der Waals surface area contributed by atoms with Gasteiger partial charge in [-0.05, 0) is 18.2 Å². The Balaban J connectivity index is 2.20. The van der Waals surface area contributed by atoms with E-state index in [4.69, 9.17) is 9.15 Å². The second kappa shape index (κ2) is 8.19. The predicted molar refractivity (Wildman–Crippen MR) is 93.1 cm³/mol. The molecule has 0 N–H and O–H groups in total. The van der Waals surface area contributed by atoms with Gasteiger partial charge in [-0.2, -0.15) is 0 Å². The Hall–Kier alpha value is -3.25. The highest BCUT2D eigenvalue weighted by molar-refractivity contribution is 7.88. The largest absolute Gasteiger partial charge is 0.465 e. The molecule has 0 amide bonds. The SMILES string of the molecule is COC(=O)c1cc(C(=O)OCc2ccc(S(=O)(=O)N(C)C)o2)cc([N+](=O)[O-])c1. The van der Waals surface area contributed by atoms with Crippen molar-refractivity contribution in [1.82, 2.24) is 4.31 Å². The first-order chi connectivity index (χ1) is 13.1. The van der Waals surface area contributed by atoms with E-state index in [1.165, 1.54) is 26.2 Å². The minimum atomic E-state index is -3.78. The molecule has 0 radical (unpaired) electrons. The van der Waals surface area contributed by atoms with Crippen molar-refractivity contribution in [1.29, 1.82) is 0 Å². The lowest BCUT2D eigenvalue weighted by atomic mass is 10.1. The lowest BCUT2D eigenvalue weighted by Crippen LogP contribution is -2.21. The third-order valence-electron chi connectivity index (χ3n) is 3.50. The molecule has 0 fully saturated rings. The Morgan fingerprint density at radius 2 is 1.75 bits per heavy atom. The maximum atomic E-state index is 12.2. The van der Waals surface area contributed by atoms with Crippen molar-refractivity contribution in [3.8, 4) is 0 Å². The standard InChI is InChI=1S/C16H16N2O9S/c1-17(2)28(23,24)14-5-4-13(27-14)9-26-16(20)11-6-10(15(19)25-3)7-12(8-11)18(21)22/h4-8H,9H2,1-3H3. The number of hydrogen-bond acceptors (Lipinski definition) is 9. The smallest absolute Gasteiger partial charge is 0.338 e. The summed E-state index contributed by atoms with van der Waals surface area (Å²) in [5.41, 5.74) is -0.935. The first-order valence-corrected chi connectivity index (χ1v) is 9.06. The highest BCUT2D eigenvalue weighted by Gasteiger charge is 2.23. The molecule has 0 saturated carbocycles. The molecule has 0 spiro atoms. The lowest BCUT2D eigenvalue weighted by molar-refractivity contribution is -0.384. The van der Waals surface area contributed by atoms with E-state index in [-0.39, 0.29) is 22.0 Å². The number of ether oxygens (including phenoxy) is 2. The van der Waals surface area contributed by atoms with Gasteiger partial charge in [0.05, 0.1) is 23.2 Å². The Morgan fingerprint density at radius 3 is 2.29 bits per heavy atom. The molecule has 0 aliphatic rings. The molecule has 2 aromatic rings. The molecular formula is C16H16N2O9S. The van der Waals surface area contributed by atoms with Gasteiger partial charge in [-0.25, -0.2) is 22.3 Å². The van der Waals surface area contributed by atoms with Gasteiger partial charge in [-0.1, -0.05) is 0 Å². The van der Waals surface area contributed by atoms with Crippen LogP contribution >= 0.6 is 0 Å². The zero-order chi connectivity index (χ0) is 21.1. The second-order valence-corrected chi connectivity index (χ2v) is 7.68. The number of methoxy groups -OCH3 is 1. The Kier molecular flexibility index (Phi) is 6.16. The van der Waals surface area contributed by atoms with Crippen molar-refractivity contribution in [2.75, 3.05) is 21.2 Å². The first-order valence-electron chi connectivity index (χ1n) is 7.62. The number of sulfonamides is 1. The maximum absolute atomic E-state index is 12.2. The van der Waals surface area contributed by atoms with Crippen LogP contribution in [0.3, 0.4) is 0 Å². The average Bonchev–Trinajstić information content (AvgIpc) is 3.14. The van der Waals surface area contributed by atoms with Crippen molar-refractivity contribution in [3.63, 3.8) is 0 Å². The van der Waals surface area contributed by atoms with Crippen LogP contribution in [-0.4, -0.2) is 50.8 Å². The summed E-state index contributed by atoms with van der Waals surface area (Å²) in [6.07, 6.45) is 0. The molecule has 2 rings (SSSR count). The summed E-state index contributed by atoms with van der Waals surface area (Å²) in [5.74, 6) is -1.78. The molecule has 0 aliphatic carbocycles. The van der Waals surface area contributed by atoms with Gasteiger partial charge in [0.15, 0.2) is 0 Å². The van der Waals surface area contributed by atoms with Crippen LogP contribution in [-0.2, 0) is 26.1 Å². The number of carbonyl (C=O) groups is 2. The summed E-state index contributed by atoms with van der Waals surface area (Å²) in [6.45, 7) is -0.419. The second-order valence-electron chi connectivity index (χ2n) is 5.60. The van der Waals surface area contributed by atoms with E-state index in [0.717, 1.165) is 29.6 Å². The van der Waals surface area contributed by atoms with Gasteiger partial charge in [-0.15, -0.1) is 0 Å². The summed E-state index contributed by atoms with van der Waals surface area (Å²) < 4.78 is 39.5. The summed E-state index contributed by atoms with van der Waals surface area (Å²) in [7, 11) is -0.0233. The number of furan rings is 1. The lowest BCUT2D eigenvalue weighted by Gasteiger charge is -2.08. The topological polar surface area (TPSA) is 146 Å². The molecule has 11 nitrogen and oxygen atoms in total. The van der Waals surface area contributed by atoms with Crippen LogP contribution in [0.1, 0.15) is 26.5 Å². The molecule has 12 heteroatoms. The molecule has 1 heterocycles. The van der Waals surface area contributed by atoms with Crippen molar-refractivity contribution >= 4 is 27.6 Å². The number of benzene rings is 1. The number of hydrogen-bond donors (Lipinski definition) is 0. The minimum Gasteiger partial charge on any atom is -0.465 e. The molecule has 1 aromatic carbocycles. The zero-order valence-electron chi connectivity index (χ0n) is 15.1. The van der Waals surface area contributed by atoms with Crippen LogP contribution < -0.4 is 0 Å². The van der Waals surface area contributed by atoms with Gasteiger partial charge >= 0.3 is 11.9 Å². The van der Waals surface area contributed by atoms with Gasteiger partial charge in [0, 0.05) is 26.2 Å². The molecule has 28 heavy (non-hydrogen) atoms. The average molecular weight is 412 g/mol. The van der Waals surface area contributed by atoms with E-state index in [2.05, 4.69) is 4.74 Å².